The lowest BCUT2D eigenvalue weighted by atomic mass is 10.2. The zero-order valence-electron chi connectivity index (χ0n) is 13.8. The lowest BCUT2D eigenvalue weighted by molar-refractivity contribution is -0.123. The standard InChI is InChI=1S/C18H15Cl2NO5/c1-10(26-18(23)11-2-4-13(19)14(20)8-11)17(22)21-12-3-5-15-16(9-12)25-7-6-24-15/h2-5,8-10H,6-7H2,1H3,(H,21,22)/t10-/m1/s1. The van der Waals surface area contributed by atoms with Crippen molar-refractivity contribution in [1.82, 2.24) is 0 Å². The van der Waals surface area contributed by atoms with E-state index in [4.69, 9.17) is 37.4 Å². The molecule has 2 aromatic carbocycles. The van der Waals surface area contributed by atoms with Gasteiger partial charge in [-0.15, -0.1) is 0 Å². The number of carbonyl (C=O) groups excluding carboxylic acids is 2. The van der Waals surface area contributed by atoms with Gasteiger partial charge in [0, 0.05) is 11.8 Å². The lowest BCUT2D eigenvalue weighted by Crippen LogP contribution is -2.30. The molecule has 136 valence electrons. The SMILES string of the molecule is C[C@@H](OC(=O)c1ccc(Cl)c(Cl)c1)C(=O)Nc1ccc2c(c1)OCCO2. The van der Waals surface area contributed by atoms with E-state index in [9.17, 15) is 9.59 Å². The molecule has 2 aromatic rings. The van der Waals surface area contributed by atoms with Crippen molar-refractivity contribution in [2.24, 2.45) is 0 Å². The van der Waals surface area contributed by atoms with Crippen LogP contribution in [0.3, 0.4) is 0 Å². The number of benzene rings is 2. The number of hydrogen-bond donors (Lipinski definition) is 1. The molecule has 6 nitrogen and oxygen atoms in total. The third-order valence-corrected chi connectivity index (χ3v) is 4.36. The van der Waals surface area contributed by atoms with Crippen molar-refractivity contribution in [2.75, 3.05) is 18.5 Å². The van der Waals surface area contributed by atoms with Gasteiger partial charge in [0.2, 0.25) is 0 Å². The summed E-state index contributed by atoms with van der Waals surface area (Å²) in [4.78, 5) is 24.4. The molecule has 26 heavy (non-hydrogen) atoms. The average Bonchev–Trinajstić information content (AvgIpc) is 2.63. The van der Waals surface area contributed by atoms with Crippen LogP contribution in [0.25, 0.3) is 0 Å². The minimum atomic E-state index is -1.01. The topological polar surface area (TPSA) is 73.9 Å². The van der Waals surface area contributed by atoms with Gasteiger partial charge >= 0.3 is 5.97 Å². The van der Waals surface area contributed by atoms with Gasteiger partial charge in [-0.3, -0.25) is 4.79 Å². The van der Waals surface area contributed by atoms with Crippen LogP contribution in [0.15, 0.2) is 36.4 Å². The first-order valence-electron chi connectivity index (χ1n) is 7.80. The highest BCUT2D eigenvalue weighted by molar-refractivity contribution is 6.42. The van der Waals surface area contributed by atoms with Gasteiger partial charge in [-0.05, 0) is 37.3 Å². The van der Waals surface area contributed by atoms with Crippen molar-refractivity contribution in [3.05, 3.63) is 52.0 Å². The first kappa shape index (κ1) is 18.4. The number of amides is 1. The summed E-state index contributed by atoms with van der Waals surface area (Å²) >= 11 is 11.7. The molecule has 0 fully saturated rings. The molecule has 1 aliphatic heterocycles. The van der Waals surface area contributed by atoms with Crippen molar-refractivity contribution in [1.29, 1.82) is 0 Å². The molecule has 8 heteroatoms. The van der Waals surface area contributed by atoms with Crippen molar-refractivity contribution >= 4 is 40.8 Å². The average molecular weight is 396 g/mol. The van der Waals surface area contributed by atoms with Gasteiger partial charge in [0.1, 0.15) is 13.2 Å². The summed E-state index contributed by atoms with van der Waals surface area (Å²) in [5.74, 6) is 0.0197. The third-order valence-electron chi connectivity index (χ3n) is 3.62. The summed E-state index contributed by atoms with van der Waals surface area (Å²) in [6, 6.07) is 9.38. The number of carbonyl (C=O) groups is 2. The molecule has 0 unspecified atom stereocenters. The Morgan fingerprint density at radius 1 is 1.04 bits per heavy atom. The van der Waals surface area contributed by atoms with Crippen molar-refractivity contribution in [3.8, 4) is 11.5 Å². The van der Waals surface area contributed by atoms with Crippen LogP contribution in [0.4, 0.5) is 5.69 Å². The van der Waals surface area contributed by atoms with E-state index >= 15 is 0 Å². The molecule has 0 saturated carbocycles. The third kappa shape index (κ3) is 4.20. The maximum absolute atomic E-state index is 12.3. The number of nitrogens with one attached hydrogen (secondary N) is 1. The van der Waals surface area contributed by atoms with Crippen LogP contribution in [0.2, 0.25) is 10.0 Å². The number of fused-ring (bicyclic) bond motifs is 1. The largest absolute Gasteiger partial charge is 0.486 e. The Kier molecular flexibility index (Phi) is 5.54. The van der Waals surface area contributed by atoms with Crippen LogP contribution in [-0.4, -0.2) is 31.2 Å². The van der Waals surface area contributed by atoms with Gasteiger partial charge in [-0.2, -0.15) is 0 Å². The van der Waals surface area contributed by atoms with E-state index in [-0.39, 0.29) is 10.6 Å². The van der Waals surface area contributed by atoms with Crippen molar-refractivity contribution in [2.45, 2.75) is 13.0 Å². The van der Waals surface area contributed by atoms with Crippen molar-refractivity contribution < 1.29 is 23.8 Å². The van der Waals surface area contributed by atoms with Gasteiger partial charge in [0.05, 0.1) is 15.6 Å². The molecular weight excluding hydrogens is 381 g/mol. The minimum absolute atomic E-state index is 0.207. The lowest BCUT2D eigenvalue weighted by Gasteiger charge is -2.19. The van der Waals surface area contributed by atoms with E-state index in [1.165, 1.54) is 25.1 Å². The second-order valence-electron chi connectivity index (χ2n) is 5.52. The van der Waals surface area contributed by atoms with Crippen LogP contribution in [0.1, 0.15) is 17.3 Å². The Bertz CT molecular complexity index is 855. The van der Waals surface area contributed by atoms with Gasteiger partial charge < -0.3 is 19.5 Å². The normalized spacial score (nSPS) is 13.7. The van der Waals surface area contributed by atoms with Crippen molar-refractivity contribution in [3.63, 3.8) is 0 Å². The van der Waals surface area contributed by atoms with E-state index in [2.05, 4.69) is 5.32 Å². The highest BCUT2D eigenvalue weighted by Gasteiger charge is 2.20. The van der Waals surface area contributed by atoms with Crippen LogP contribution >= 0.6 is 23.2 Å². The Hall–Kier alpha value is -2.44. The van der Waals surface area contributed by atoms with Gasteiger partial charge in [-0.25, -0.2) is 4.79 Å². The summed E-state index contributed by atoms with van der Waals surface area (Å²) < 4.78 is 16.1. The molecule has 1 N–H and O–H groups in total. The molecule has 0 aromatic heterocycles. The van der Waals surface area contributed by atoms with Gasteiger partial charge in [0.25, 0.3) is 5.91 Å². The molecule has 0 saturated heterocycles. The highest BCUT2D eigenvalue weighted by atomic mass is 35.5. The van der Waals surface area contributed by atoms with E-state index in [0.717, 1.165) is 0 Å². The fourth-order valence-electron chi connectivity index (χ4n) is 2.27. The number of halogens is 2. The Labute approximate surface area is 159 Å². The number of anilines is 1. The number of ether oxygens (including phenoxy) is 3. The number of esters is 1. The van der Waals surface area contributed by atoms with Crippen LogP contribution in [0, 0.1) is 0 Å². The summed E-state index contributed by atoms with van der Waals surface area (Å²) in [6.45, 7) is 2.41. The van der Waals surface area contributed by atoms with Crippen LogP contribution < -0.4 is 14.8 Å². The molecule has 0 spiro atoms. The first-order valence-corrected chi connectivity index (χ1v) is 8.56. The zero-order chi connectivity index (χ0) is 18.7. The summed E-state index contributed by atoms with van der Waals surface area (Å²) in [5.41, 5.74) is 0.718. The second-order valence-corrected chi connectivity index (χ2v) is 6.34. The molecule has 1 atom stereocenters. The molecule has 0 radical (unpaired) electrons. The zero-order valence-corrected chi connectivity index (χ0v) is 15.3. The quantitative estimate of drug-likeness (QED) is 0.793. The number of hydrogen-bond acceptors (Lipinski definition) is 5. The minimum Gasteiger partial charge on any atom is -0.486 e. The van der Waals surface area contributed by atoms with E-state index in [1.807, 2.05) is 0 Å². The predicted octanol–water partition coefficient (Wildman–Crippen LogP) is 3.95. The molecule has 1 heterocycles. The molecule has 0 aliphatic carbocycles. The molecule has 3 rings (SSSR count). The van der Waals surface area contributed by atoms with Gasteiger partial charge in [0.15, 0.2) is 17.6 Å². The number of rotatable bonds is 4. The Balaban J connectivity index is 1.62. The van der Waals surface area contributed by atoms with Crippen LogP contribution in [-0.2, 0) is 9.53 Å². The van der Waals surface area contributed by atoms with Gasteiger partial charge in [-0.1, -0.05) is 23.2 Å². The van der Waals surface area contributed by atoms with E-state index < -0.39 is 18.0 Å². The summed E-state index contributed by atoms with van der Waals surface area (Å²) in [6.07, 6.45) is -1.01. The monoisotopic (exact) mass is 395 g/mol. The summed E-state index contributed by atoms with van der Waals surface area (Å²) in [5, 5.41) is 3.23. The maximum atomic E-state index is 12.3. The Morgan fingerprint density at radius 3 is 2.50 bits per heavy atom. The predicted molar refractivity (Wildman–Crippen MR) is 97.4 cm³/mol. The first-order chi connectivity index (χ1) is 12.4. The molecule has 1 amide bonds. The molecular formula is C18H15Cl2NO5. The van der Waals surface area contributed by atoms with E-state index in [1.54, 1.807) is 18.2 Å². The van der Waals surface area contributed by atoms with Crippen LogP contribution in [0.5, 0.6) is 11.5 Å². The maximum Gasteiger partial charge on any atom is 0.338 e. The highest BCUT2D eigenvalue weighted by Crippen LogP contribution is 2.32. The molecule has 0 bridgehead atoms. The summed E-state index contributed by atoms with van der Waals surface area (Å²) in [7, 11) is 0. The van der Waals surface area contributed by atoms with E-state index in [0.29, 0.717) is 35.4 Å². The molecule has 1 aliphatic rings. The second kappa shape index (κ2) is 7.85. The Morgan fingerprint density at radius 2 is 1.77 bits per heavy atom. The smallest absolute Gasteiger partial charge is 0.338 e. The fourth-order valence-corrected chi connectivity index (χ4v) is 2.57. The fraction of sp³-hybridized carbons (Fsp3) is 0.222.